The fourth-order valence-corrected chi connectivity index (χ4v) is 4.84. The standard InChI is InChI=1S/C27H22Cl2IN3O4/c1-2-17-5-3-4-6-22(17)31-25(34)14-33-26(35)23(32-27(33)36)12-16-7-10-24(21(30)11-16)37-15-18-8-9-19(28)13-20(18)29/h3-13H,2,14-15H2,1H3,(H,31,34)(H,32,36)/b23-12+. The van der Waals surface area contributed by atoms with E-state index in [4.69, 9.17) is 27.9 Å². The van der Waals surface area contributed by atoms with Gasteiger partial charge in [-0.05, 0) is 76.5 Å². The van der Waals surface area contributed by atoms with Gasteiger partial charge in [-0.15, -0.1) is 0 Å². The summed E-state index contributed by atoms with van der Waals surface area (Å²) in [5.41, 5.74) is 3.20. The number of carbonyl (C=O) groups excluding carboxylic acids is 3. The molecule has 1 saturated heterocycles. The molecule has 0 bridgehead atoms. The Kier molecular flexibility index (Phi) is 8.73. The predicted molar refractivity (Wildman–Crippen MR) is 153 cm³/mol. The number of nitrogens with zero attached hydrogens (tertiary/aromatic N) is 1. The van der Waals surface area contributed by atoms with Crippen molar-refractivity contribution >= 4 is 75.4 Å². The van der Waals surface area contributed by atoms with E-state index in [1.165, 1.54) is 0 Å². The van der Waals surface area contributed by atoms with Crippen LogP contribution in [0, 0.1) is 3.57 Å². The third-order valence-electron chi connectivity index (χ3n) is 5.60. The molecular formula is C27H22Cl2IN3O4. The first-order chi connectivity index (χ1) is 17.7. The summed E-state index contributed by atoms with van der Waals surface area (Å²) in [4.78, 5) is 38.7. The second-order valence-electron chi connectivity index (χ2n) is 8.15. The zero-order valence-electron chi connectivity index (χ0n) is 19.7. The van der Waals surface area contributed by atoms with Crippen LogP contribution in [0.3, 0.4) is 0 Å². The fraction of sp³-hybridized carbons (Fsp3) is 0.148. The van der Waals surface area contributed by atoms with Crippen molar-refractivity contribution in [2.75, 3.05) is 11.9 Å². The summed E-state index contributed by atoms with van der Waals surface area (Å²) in [6, 6.07) is 17.3. The van der Waals surface area contributed by atoms with Crippen molar-refractivity contribution in [2.24, 2.45) is 0 Å². The van der Waals surface area contributed by atoms with Gasteiger partial charge in [0.2, 0.25) is 5.91 Å². The number of anilines is 1. The summed E-state index contributed by atoms with van der Waals surface area (Å²) in [6.07, 6.45) is 2.30. The van der Waals surface area contributed by atoms with E-state index in [1.54, 1.807) is 42.5 Å². The summed E-state index contributed by atoms with van der Waals surface area (Å²) < 4.78 is 6.69. The Hall–Kier alpha value is -3.08. The van der Waals surface area contributed by atoms with Crippen LogP contribution in [0.15, 0.2) is 66.4 Å². The molecule has 0 radical (unpaired) electrons. The number of halogens is 3. The molecular weight excluding hydrogens is 628 g/mol. The van der Waals surface area contributed by atoms with Crippen LogP contribution in [0.4, 0.5) is 10.5 Å². The van der Waals surface area contributed by atoms with Crippen molar-refractivity contribution in [2.45, 2.75) is 20.0 Å². The summed E-state index contributed by atoms with van der Waals surface area (Å²) in [6.45, 7) is 1.85. The first kappa shape index (κ1) is 27.0. The highest BCUT2D eigenvalue weighted by Gasteiger charge is 2.35. The van der Waals surface area contributed by atoms with Crippen LogP contribution in [-0.4, -0.2) is 29.3 Å². The molecule has 0 unspecified atom stereocenters. The van der Waals surface area contributed by atoms with E-state index in [1.807, 2.05) is 31.2 Å². The minimum Gasteiger partial charge on any atom is -0.488 e. The molecule has 0 atom stereocenters. The van der Waals surface area contributed by atoms with Crippen LogP contribution >= 0.6 is 45.8 Å². The van der Waals surface area contributed by atoms with Gasteiger partial charge < -0.3 is 15.4 Å². The SMILES string of the molecule is CCc1ccccc1NC(=O)CN1C(=O)N/C(=C/c2ccc(OCc3ccc(Cl)cc3Cl)c(I)c2)C1=O. The Morgan fingerprint density at radius 2 is 1.86 bits per heavy atom. The Morgan fingerprint density at radius 3 is 2.59 bits per heavy atom. The lowest BCUT2D eigenvalue weighted by molar-refractivity contribution is -0.127. The molecule has 3 aromatic carbocycles. The molecule has 7 nitrogen and oxygen atoms in total. The zero-order chi connectivity index (χ0) is 26.5. The van der Waals surface area contributed by atoms with Crippen molar-refractivity contribution in [3.8, 4) is 5.75 Å². The van der Waals surface area contributed by atoms with E-state index in [-0.39, 0.29) is 12.3 Å². The van der Waals surface area contributed by atoms with Crippen LogP contribution in [0.5, 0.6) is 5.75 Å². The van der Waals surface area contributed by atoms with E-state index in [2.05, 4.69) is 33.2 Å². The monoisotopic (exact) mass is 649 g/mol. The number of nitrogens with one attached hydrogen (secondary N) is 2. The quantitative estimate of drug-likeness (QED) is 0.171. The number of para-hydroxylation sites is 1. The van der Waals surface area contributed by atoms with E-state index in [0.717, 1.165) is 26.0 Å². The highest BCUT2D eigenvalue weighted by molar-refractivity contribution is 14.1. The van der Waals surface area contributed by atoms with E-state index >= 15 is 0 Å². The maximum atomic E-state index is 12.8. The molecule has 0 saturated carbocycles. The lowest BCUT2D eigenvalue weighted by atomic mass is 10.1. The van der Waals surface area contributed by atoms with Gasteiger partial charge in [-0.25, -0.2) is 9.69 Å². The average molecular weight is 650 g/mol. The molecule has 0 aromatic heterocycles. The molecule has 0 aliphatic carbocycles. The van der Waals surface area contributed by atoms with Crippen molar-refractivity contribution in [1.82, 2.24) is 10.2 Å². The Bertz CT molecular complexity index is 1410. The van der Waals surface area contributed by atoms with Crippen molar-refractivity contribution in [1.29, 1.82) is 0 Å². The van der Waals surface area contributed by atoms with Crippen LogP contribution in [0.1, 0.15) is 23.6 Å². The topological polar surface area (TPSA) is 87.7 Å². The third-order valence-corrected chi connectivity index (χ3v) is 7.03. The maximum Gasteiger partial charge on any atom is 0.329 e. The Balaban J connectivity index is 1.41. The molecule has 3 aromatic rings. The second-order valence-corrected chi connectivity index (χ2v) is 10.2. The number of hydrogen-bond acceptors (Lipinski definition) is 4. The lowest BCUT2D eigenvalue weighted by Gasteiger charge is -2.13. The number of imide groups is 1. The Labute approximate surface area is 237 Å². The molecule has 10 heteroatoms. The van der Waals surface area contributed by atoms with Crippen molar-refractivity contribution in [3.05, 3.63) is 96.7 Å². The van der Waals surface area contributed by atoms with Gasteiger partial charge in [-0.3, -0.25) is 9.59 Å². The van der Waals surface area contributed by atoms with E-state index < -0.39 is 24.4 Å². The lowest BCUT2D eigenvalue weighted by Crippen LogP contribution is -2.38. The fourth-order valence-electron chi connectivity index (χ4n) is 3.68. The summed E-state index contributed by atoms with van der Waals surface area (Å²) in [5.74, 6) is -0.389. The van der Waals surface area contributed by atoms with Gasteiger partial charge in [-0.2, -0.15) is 0 Å². The normalized spacial score (nSPS) is 14.2. The first-order valence-corrected chi connectivity index (χ1v) is 13.2. The second kappa shape index (κ2) is 12.0. The number of carbonyl (C=O) groups is 3. The summed E-state index contributed by atoms with van der Waals surface area (Å²) in [7, 11) is 0. The zero-order valence-corrected chi connectivity index (χ0v) is 23.4. The van der Waals surface area contributed by atoms with Gasteiger partial charge >= 0.3 is 6.03 Å². The molecule has 4 rings (SSSR count). The van der Waals surface area contributed by atoms with Gasteiger partial charge in [0.25, 0.3) is 5.91 Å². The molecule has 1 aliphatic heterocycles. The number of hydrogen-bond donors (Lipinski definition) is 2. The maximum absolute atomic E-state index is 12.8. The number of amides is 4. The van der Waals surface area contributed by atoms with Gasteiger partial charge in [0, 0.05) is 21.3 Å². The highest BCUT2D eigenvalue weighted by Crippen LogP contribution is 2.27. The van der Waals surface area contributed by atoms with Gasteiger partial charge in [0.15, 0.2) is 0 Å². The van der Waals surface area contributed by atoms with Crippen molar-refractivity contribution < 1.29 is 19.1 Å². The number of urea groups is 1. The number of ether oxygens (including phenoxy) is 1. The average Bonchev–Trinajstić information content (AvgIpc) is 3.12. The molecule has 190 valence electrons. The largest absolute Gasteiger partial charge is 0.488 e. The molecule has 0 spiro atoms. The van der Waals surface area contributed by atoms with Crippen molar-refractivity contribution in [3.63, 3.8) is 0 Å². The molecule has 1 aliphatic rings. The number of aryl methyl sites for hydroxylation is 1. The minimum atomic E-state index is -0.648. The van der Waals surface area contributed by atoms with Crippen LogP contribution in [0.2, 0.25) is 10.0 Å². The highest BCUT2D eigenvalue weighted by atomic mass is 127. The smallest absolute Gasteiger partial charge is 0.329 e. The van der Waals surface area contributed by atoms with E-state index in [0.29, 0.717) is 27.0 Å². The van der Waals surface area contributed by atoms with Gasteiger partial charge in [0.1, 0.15) is 24.6 Å². The number of benzene rings is 3. The summed E-state index contributed by atoms with van der Waals surface area (Å²) in [5, 5.41) is 6.39. The Morgan fingerprint density at radius 1 is 1.08 bits per heavy atom. The van der Waals surface area contributed by atoms with Crippen LogP contribution in [-0.2, 0) is 22.6 Å². The third kappa shape index (κ3) is 6.63. The number of rotatable bonds is 8. The van der Waals surface area contributed by atoms with Crippen LogP contribution in [0.25, 0.3) is 6.08 Å². The molecule has 1 heterocycles. The van der Waals surface area contributed by atoms with E-state index in [9.17, 15) is 14.4 Å². The molecule has 4 amide bonds. The predicted octanol–water partition coefficient (Wildman–Crippen LogP) is 6.27. The molecule has 2 N–H and O–H groups in total. The summed E-state index contributed by atoms with van der Waals surface area (Å²) >= 11 is 14.3. The van der Waals surface area contributed by atoms with Crippen LogP contribution < -0.4 is 15.4 Å². The van der Waals surface area contributed by atoms with Gasteiger partial charge in [0.05, 0.1) is 3.57 Å². The minimum absolute atomic E-state index is 0.0872. The van der Waals surface area contributed by atoms with Gasteiger partial charge in [-0.1, -0.05) is 60.5 Å². The molecule has 1 fully saturated rings. The molecule has 37 heavy (non-hydrogen) atoms. The first-order valence-electron chi connectivity index (χ1n) is 11.3.